The van der Waals surface area contributed by atoms with Crippen molar-refractivity contribution in [1.29, 1.82) is 0 Å². The Bertz CT molecular complexity index is 626. The number of hydrogen-bond acceptors (Lipinski definition) is 4. The Balaban J connectivity index is 2.21. The van der Waals surface area contributed by atoms with E-state index in [1.807, 2.05) is 12.1 Å². The van der Waals surface area contributed by atoms with Gasteiger partial charge in [0, 0.05) is 30.9 Å². The van der Waals surface area contributed by atoms with Gasteiger partial charge in [0.05, 0.1) is 3.79 Å². The van der Waals surface area contributed by atoms with Crippen LogP contribution in [-0.2, 0) is 16.6 Å². The second-order valence-corrected chi connectivity index (χ2v) is 8.25. The fraction of sp³-hybridized carbons (Fsp3) is 0.182. The Labute approximate surface area is 118 Å². The summed E-state index contributed by atoms with van der Waals surface area (Å²) in [6.07, 6.45) is 2.91. The average molecular weight is 347 g/mol. The molecule has 2 aromatic rings. The molecule has 0 amide bonds. The standard InChI is InChI=1S/C11H11BrN2O2S2/c1-14(8-9-4-5-11(12)17-9)18(15,16)10-3-2-6-13-7-10/h2-7H,8H2,1H3. The second-order valence-electron chi connectivity index (χ2n) is 3.66. The lowest BCUT2D eigenvalue weighted by Gasteiger charge is -2.15. The quantitative estimate of drug-likeness (QED) is 0.855. The van der Waals surface area contributed by atoms with Gasteiger partial charge in [-0.1, -0.05) is 0 Å². The summed E-state index contributed by atoms with van der Waals surface area (Å²) in [5, 5.41) is 0. The van der Waals surface area contributed by atoms with Gasteiger partial charge in [0.15, 0.2) is 0 Å². The molecule has 0 N–H and O–H groups in total. The maximum atomic E-state index is 12.2. The third kappa shape index (κ3) is 2.97. The van der Waals surface area contributed by atoms with Gasteiger partial charge in [-0.3, -0.25) is 4.98 Å². The van der Waals surface area contributed by atoms with Gasteiger partial charge < -0.3 is 0 Å². The van der Waals surface area contributed by atoms with Crippen LogP contribution in [0.4, 0.5) is 0 Å². The van der Waals surface area contributed by atoms with Gasteiger partial charge in [0.1, 0.15) is 4.90 Å². The van der Waals surface area contributed by atoms with E-state index in [0.717, 1.165) is 8.66 Å². The molecule has 7 heteroatoms. The summed E-state index contributed by atoms with van der Waals surface area (Å²) in [6, 6.07) is 6.97. The maximum absolute atomic E-state index is 12.2. The zero-order valence-electron chi connectivity index (χ0n) is 9.58. The van der Waals surface area contributed by atoms with E-state index < -0.39 is 10.0 Å². The van der Waals surface area contributed by atoms with Gasteiger partial charge in [0.25, 0.3) is 0 Å². The van der Waals surface area contributed by atoms with Crippen LogP contribution in [0.25, 0.3) is 0 Å². The Kier molecular flexibility index (Phi) is 4.16. The fourth-order valence-corrected chi connectivity index (χ4v) is 4.15. The Morgan fingerprint density at radius 3 is 2.72 bits per heavy atom. The predicted octanol–water partition coefficient (Wildman–Crippen LogP) is 2.73. The third-order valence-corrected chi connectivity index (χ3v) is 5.75. The van der Waals surface area contributed by atoms with Crippen LogP contribution in [0.15, 0.2) is 45.3 Å². The summed E-state index contributed by atoms with van der Waals surface area (Å²) in [6.45, 7) is 0.355. The molecule has 18 heavy (non-hydrogen) atoms. The van der Waals surface area contributed by atoms with Crippen LogP contribution in [-0.4, -0.2) is 24.8 Å². The fourth-order valence-electron chi connectivity index (χ4n) is 1.42. The Morgan fingerprint density at radius 1 is 1.39 bits per heavy atom. The Morgan fingerprint density at radius 2 is 2.17 bits per heavy atom. The van der Waals surface area contributed by atoms with Crippen molar-refractivity contribution in [3.8, 4) is 0 Å². The molecule has 0 bridgehead atoms. The van der Waals surface area contributed by atoms with E-state index in [0.29, 0.717) is 6.54 Å². The minimum Gasteiger partial charge on any atom is -0.263 e. The normalized spacial score (nSPS) is 11.9. The predicted molar refractivity (Wildman–Crippen MR) is 74.9 cm³/mol. The maximum Gasteiger partial charge on any atom is 0.244 e. The molecule has 0 spiro atoms. The molecule has 0 saturated heterocycles. The summed E-state index contributed by atoms with van der Waals surface area (Å²) < 4.78 is 26.8. The highest BCUT2D eigenvalue weighted by Crippen LogP contribution is 2.24. The van der Waals surface area contributed by atoms with Crippen molar-refractivity contribution in [2.75, 3.05) is 7.05 Å². The number of thiophene rings is 1. The topological polar surface area (TPSA) is 50.3 Å². The molecule has 0 saturated carbocycles. The average Bonchev–Trinajstić information content (AvgIpc) is 2.76. The summed E-state index contributed by atoms with van der Waals surface area (Å²) in [4.78, 5) is 5.03. The molecule has 2 rings (SSSR count). The van der Waals surface area contributed by atoms with Crippen LogP contribution >= 0.6 is 27.3 Å². The van der Waals surface area contributed by atoms with Crippen molar-refractivity contribution < 1.29 is 8.42 Å². The van der Waals surface area contributed by atoms with Crippen molar-refractivity contribution in [1.82, 2.24) is 9.29 Å². The van der Waals surface area contributed by atoms with Crippen molar-refractivity contribution >= 4 is 37.3 Å². The minimum absolute atomic E-state index is 0.211. The molecule has 0 atom stereocenters. The largest absolute Gasteiger partial charge is 0.263 e. The lowest BCUT2D eigenvalue weighted by molar-refractivity contribution is 0.469. The summed E-state index contributed by atoms with van der Waals surface area (Å²) in [5.41, 5.74) is 0. The summed E-state index contributed by atoms with van der Waals surface area (Å²) in [5.74, 6) is 0. The van der Waals surface area contributed by atoms with Gasteiger partial charge in [0.2, 0.25) is 10.0 Å². The van der Waals surface area contributed by atoms with Crippen LogP contribution in [0.3, 0.4) is 0 Å². The zero-order valence-corrected chi connectivity index (χ0v) is 12.8. The van der Waals surface area contributed by atoms with Gasteiger partial charge >= 0.3 is 0 Å². The van der Waals surface area contributed by atoms with Gasteiger partial charge in [-0.05, 0) is 40.2 Å². The van der Waals surface area contributed by atoms with Crippen LogP contribution in [0.2, 0.25) is 0 Å². The lowest BCUT2D eigenvalue weighted by Crippen LogP contribution is -2.26. The van der Waals surface area contributed by atoms with Gasteiger partial charge in [-0.25, -0.2) is 8.42 Å². The van der Waals surface area contributed by atoms with E-state index in [2.05, 4.69) is 20.9 Å². The molecule has 4 nitrogen and oxygen atoms in total. The molecular formula is C11H11BrN2O2S2. The molecule has 2 heterocycles. The highest BCUT2D eigenvalue weighted by Gasteiger charge is 2.21. The highest BCUT2D eigenvalue weighted by atomic mass is 79.9. The molecule has 0 fully saturated rings. The molecule has 0 unspecified atom stereocenters. The lowest BCUT2D eigenvalue weighted by atomic mass is 10.5. The molecule has 0 aliphatic carbocycles. The van der Waals surface area contributed by atoms with Gasteiger partial charge in [-0.2, -0.15) is 4.31 Å². The first-order valence-electron chi connectivity index (χ1n) is 5.11. The van der Waals surface area contributed by atoms with E-state index in [4.69, 9.17) is 0 Å². The van der Waals surface area contributed by atoms with Crippen molar-refractivity contribution in [3.63, 3.8) is 0 Å². The van der Waals surface area contributed by atoms with E-state index >= 15 is 0 Å². The molecule has 0 aromatic carbocycles. The van der Waals surface area contributed by atoms with Crippen molar-refractivity contribution in [3.05, 3.63) is 45.3 Å². The smallest absolute Gasteiger partial charge is 0.244 e. The summed E-state index contributed by atoms with van der Waals surface area (Å²) >= 11 is 4.88. The Hall–Kier alpha value is -0.760. The number of pyridine rings is 1. The number of hydrogen-bond donors (Lipinski definition) is 0. The van der Waals surface area contributed by atoms with E-state index in [1.165, 1.54) is 21.8 Å². The number of sulfonamides is 1. The van der Waals surface area contributed by atoms with Gasteiger partial charge in [-0.15, -0.1) is 11.3 Å². The SMILES string of the molecule is CN(Cc1ccc(Br)s1)S(=O)(=O)c1cccnc1. The molecular weight excluding hydrogens is 336 g/mol. The molecule has 0 aliphatic heterocycles. The molecule has 0 aliphatic rings. The molecule has 2 aromatic heterocycles. The number of nitrogens with zero attached hydrogens (tertiary/aromatic N) is 2. The number of rotatable bonds is 4. The zero-order chi connectivity index (χ0) is 13.2. The van der Waals surface area contributed by atoms with Crippen molar-refractivity contribution in [2.24, 2.45) is 0 Å². The first-order valence-corrected chi connectivity index (χ1v) is 8.15. The monoisotopic (exact) mass is 346 g/mol. The first kappa shape index (κ1) is 13.7. The highest BCUT2D eigenvalue weighted by molar-refractivity contribution is 9.11. The number of aromatic nitrogens is 1. The first-order chi connectivity index (χ1) is 8.50. The van der Waals surface area contributed by atoms with E-state index in [1.54, 1.807) is 25.4 Å². The number of halogens is 1. The van der Waals surface area contributed by atoms with Crippen molar-refractivity contribution in [2.45, 2.75) is 11.4 Å². The van der Waals surface area contributed by atoms with E-state index in [9.17, 15) is 8.42 Å². The third-order valence-electron chi connectivity index (χ3n) is 2.35. The van der Waals surface area contributed by atoms with E-state index in [-0.39, 0.29) is 4.90 Å². The van der Waals surface area contributed by atoms with Crippen LogP contribution in [0, 0.1) is 0 Å². The van der Waals surface area contributed by atoms with Crippen LogP contribution in [0.1, 0.15) is 4.88 Å². The molecule has 0 radical (unpaired) electrons. The second kappa shape index (κ2) is 5.48. The minimum atomic E-state index is -3.47. The summed E-state index contributed by atoms with van der Waals surface area (Å²) in [7, 11) is -1.90. The molecule has 96 valence electrons. The van der Waals surface area contributed by atoms with Crippen LogP contribution < -0.4 is 0 Å². The van der Waals surface area contributed by atoms with Crippen LogP contribution in [0.5, 0.6) is 0 Å².